The zero-order valence-corrected chi connectivity index (χ0v) is 15.3. The first kappa shape index (κ1) is 15.9. The fraction of sp³-hybridized carbons (Fsp3) is 1.00. The van der Waals surface area contributed by atoms with E-state index >= 15 is 0 Å². The van der Waals surface area contributed by atoms with E-state index in [4.69, 9.17) is 18.9 Å². The topological polar surface area (TPSA) is 36.9 Å². The normalized spacial score (nSPS) is 55.7. The standard InChI is InChI=1S/C21H32O4/c1-2-16-10-19(25-16)15(1)12-23-21-5-3-20(13-21,4-6-21)22-11-14-7-17-9-18(8-14)24-17/h14-19H,1-13H2. The van der Waals surface area contributed by atoms with Gasteiger partial charge in [-0.05, 0) is 63.7 Å². The van der Waals surface area contributed by atoms with E-state index in [0.29, 0.717) is 30.3 Å². The summed E-state index contributed by atoms with van der Waals surface area (Å²) in [4.78, 5) is 0. The zero-order valence-electron chi connectivity index (χ0n) is 15.3. The third kappa shape index (κ3) is 2.70. The third-order valence-electron chi connectivity index (χ3n) is 8.30. The highest BCUT2D eigenvalue weighted by Gasteiger charge is 2.57. The molecule has 4 saturated heterocycles. The molecule has 4 heterocycles. The lowest BCUT2D eigenvalue weighted by atomic mass is 9.80. The molecular formula is C21H32O4. The van der Waals surface area contributed by atoms with Crippen LogP contribution in [0, 0.1) is 11.8 Å². The Labute approximate surface area is 150 Å². The number of hydrogen-bond donors (Lipinski definition) is 0. The Morgan fingerprint density at radius 2 is 1.36 bits per heavy atom. The zero-order chi connectivity index (χ0) is 16.5. The molecule has 8 aliphatic rings. The van der Waals surface area contributed by atoms with Crippen LogP contribution in [-0.4, -0.2) is 48.8 Å². The number of ether oxygens (including phenoxy) is 4. The Hall–Kier alpha value is -0.160. The van der Waals surface area contributed by atoms with Crippen LogP contribution >= 0.6 is 0 Å². The van der Waals surface area contributed by atoms with Crippen LogP contribution < -0.4 is 0 Å². The molecular weight excluding hydrogens is 316 g/mol. The van der Waals surface area contributed by atoms with Gasteiger partial charge in [0, 0.05) is 18.8 Å². The lowest BCUT2D eigenvalue weighted by Crippen LogP contribution is -2.49. The van der Waals surface area contributed by atoms with Crippen molar-refractivity contribution in [2.24, 2.45) is 11.8 Å². The molecule has 4 aliphatic carbocycles. The van der Waals surface area contributed by atoms with Gasteiger partial charge in [-0.25, -0.2) is 0 Å². The van der Waals surface area contributed by atoms with Gasteiger partial charge in [0.05, 0.1) is 48.8 Å². The first-order valence-electron chi connectivity index (χ1n) is 10.8. The molecule has 25 heavy (non-hydrogen) atoms. The summed E-state index contributed by atoms with van der Waals surface area (Å²) < 4.78 is 24.8. The van der Waals surface area contributed by atoms with Crippen LogP contribution in [-0.2, 0) is 18.9 Å². The van der Waals surface area contributed by atoms with E-state index < -0.39 is 0 Å². The smallest absolute Gasteiger partial charge is 0.0712 e. The number of hydrogen-bond acceptors (Lipinski definition) is 4. The van der Waals surface area contributed by atoms with E-state index in [1.165, 1.54) is 64.2 Å². The Bertz CT molecular complexity index is 501. The van der Waals surface area contributed by atoms with Crippen molar-refractivity contribution in [3.05, 3.63) is 0 Å². The highest BCUT2D eigenvalue weighted by atomic mass is 16.5. The molecule has 0 aromatic rings. The fourth-order valence-electron chi connectivity index (χ4n) is 6.67. The summed E-state index contributed by atoms with van der Waals surface area (Å²) in [6, 6.07) is 0. The quantitative estimate of drug-likeness (QED) is 0.735. The molecule has 4 nitrogen and oxygen atoms in total. The van der Waals surface area contributed by atoms with Gasteiger partial charge >= 0.3 is 0 Å². The van der Waals surface area contributed by atoms with Gasteiger partial charge in [-0.3, -0.25) is 0 Å². The molecule has 4 heteroatoms. The maximum Gasteiger partial charge on any atom is 0.0712 e. The van der Waals surface area contributed by atoms with Gasteiger partial charge in [0.15, 0.2) is 0 Å². The molecule has 0 aromatic carbocycles. The maximum absolute atomic E-state index is 6.58. The lowest BCUT2D eigenvalue weighted by Gasteiger charge is -2.47. The van der Waals surface area contributed by atoms with Crippen LogP contribution in [0.4, 0.5) is 0 Å². The van der Waals surface area contributed by atoms with Gasteiger partial charge in [-0.1, -0.05) is 0 Å². The summed E-state index contributed by atoms with van der Waals surface area (Å²) in [6.07, 6.45) is 15.7. The number of fused-ring (bicyclic) bond motifs is 6. The van der Waals surface area contributed by atoms with Crippen molar-refractivity contribution in [1.82, 2.24) is 0 Å². The van der Waals surface area contributed by atoms with Crippen LogP contribution in [0.15, 0.2) is 0 Å². The molecule has 0 spiro atoms. The molecule has 4 saturated carbocycles. The van der Waals surface area contributed by atoms with Crippen molar-refractivity contribution in [1.29, 1.82) is 0 Å². The van der Waals surface area contributed by atoms with Crippen LogP contribution in [0.25, 0.3) is 0 Å². The minimum atomic E-state index is 0.123. The van der Waals surface area contributed by atoms with Crippen LogP contribution in [0.5, 0.6) is 0 Å². The molecule has 140 valence electrons. The van der Waals surface area contributed by atoms with E-state index in [-0.39, 0.29) is 11.2 Å². The van der Waals surface area contributed by atoms with Crippen LogP contribution in [0.3, 0.4) is 0 Å². The molecule has 0 aromatic heterocycles. The van der Waals surface area contributed by atoms with Gasteiger partial charge in [0.2, 0.25) is 0 Å². The molecule has 4 aliphatic heterocycles. The predicted octanol–water partition coefficient (Wildman–Crippen LogP) is 3.61. The molecule has 0 radical (unpaired) electrons. The van der Waals surface area contributed by atoms with Crippen LogP contribution in [0.1, 0.15) is 70.6 Å². The average molecular weight is 348 g/mol. The monoisotopic (exact) mass is 348 g/mol. The molecule has 5 atom stereocenters. The van der Waals surface area contributed by atoms with Gasteiger partial charge in [0.1, 0.15) is 0 Å². The fourth-order valence-corrected chi connectivity index (χ4v) is 6.67. The summed E-state index contributed by atoms with van der Waals surface area (Å²) in [5, 5.41) is 0. The van der Waals surface area contributed by atoms with Gasteiger partial charge in [0.25, 0.3) is 0 Å². The molecule has 0 amide bonds. The second kappa shape index (κ2) is 5.67. The largest absolute Gasteiger partial charge is 0.375 e. The predicted molar refractivity (Wildman–Crippen MR) is 92.5 cm³/mol. The third-order valence-corrected chi connectivity index (χ3v) is 8.30. The SMILES string of the molecule is C(OC12CCC(OCC3CCC4CC3O4)(CC1)C2)C1CC2CC(C1)O2. The average Bonchev–Trinajstić information content (AvgIpc) is 3.14. The van der Waals surface area contributed by atoms with Crippen molar-refractivity contribution in [2.45, 2.75) is 106 Å². The first-order chi connectivity index (χ1) is 12.2. The highest BCUT2D eigenvalue weighted by molar-refractivity contribution is 5.09. The minimum absolute atomic E-state index is 0.123. The summed E-state index contributed by atoms with van der Waals surface area (Å²) in [5.74, 6) is 1.37. The molecule has 5 unspecified atom stereocenters. The van der Waals surface area contributed by atoms with E-state index in [9.17, 15) is 0 Å². The second-order valence-electron chi connectivity index (χ2n) is 9.99. The van der Waals surface area contributed by atoms with Crippen molar-refractivity contribution >= 4 is 0 Å². The van der Waals surface area contributed by atoms with E-state index in [1.54, 1.807) is 0 Å². The van der Waals surface area contributed by atoms with Gasteiger partial charge in [-0.2, -0.15) is 0 Å². The molecule has 8 fully saturated rings. The Morgan fingerprint density at radius 3 is 1.96 bits per heavy atom. The van der Waals surface area contributed by atoms with Crippen molar-refractivity contribution in [3.63, 3.8) is 0 Å². The van der Waals surface area contributed by atoms with Gasteiger partial charge in [-0.15, -0.1) is 0 Å². The minimum Gasteiger partial charge on any atom is -0.375 e. The van der Waals surface area contributed by atoms with Crippen molar-refractivity contribution in [2.75, 3.05) is 13.2 Å². The van der Waals surface area contributed by atoms with Crippen molar-refractivity contribution in [3.8, 4) is 0 Å². The summed E-state index contributed by atoms with van der Waals surface area (Å²) in [7, 11) is 0. The van der Waals surface area contributed by atoms with Gasteiger partial charge < -0.3 is 18.9 Å². The molecule has 0 N–H and O–H groups in total. The summed E-state index contributed by atoms with van der Waals surface area (Å²) >= 11 is 0. The first-order valence-corrected chi connectivity index (χ1v) is 10.8. The van der Waals surface area contributed by atoms with Crippen LogP contribution in [0.2, 0.25) is 0 Å². The van der Waals surface area contributed by atoms with E-state index in [1.807, 2.05) is 0 Å². The van der Waals surface area contributed by atoms with E-state index in [2.05, 4.69) is 0 Å². The second-order valence-corrected chi connectivity index (χ2v) is 9.99. The molecule has 6 bridgehead atoms. The van der Waals surface area contributed by atoms with Crippen molar-refractivity contribution < 1.29 is 18.9 Å². The van der Waals surface area contributed by atoms with E-state index in [0.717, 1.165) is 25.6 Å². The lowest BCUT2D eigenvalue weighted by molar-refractivity contribution is -0.204. The summed E-state index contributed by atoms with van der Waals surface area (Å²) in [6.45, 7) is 1.86. The highest BCUT2D eigenvalue weighted by Crippen LogP contribution is 2.55. The Morgan fingerprint density at radius 1 is 0.720 bits per heavy atom. The molecule has 8 rings (SSSR count). The summed E-state index contributed by atoms with van der Waals surface area (Å²) in [5.41, 5.74) is 0.255. The number of rotatable bonds is 6. The maximum atomic E-state index is 6.58. The Kier molecular flexibility index (Phi) is 3.59. The Balaban J connectivity index is 1.01.